The van der Waals surface area contributed by atoms with Crippen LogP contribution in [0.15, 0.2) is 0 Å². The van der Waals surface area contributed by atoms with Gasteiger partial charge in [0.25, 0.3) is 0 Å². The van der Waals surface area contributed by atoms with Gasteiger partial charge in [0, 0.05) is 0 Å². The molecule has 1 heteroatoms. The topological polar surface area (TPSA) is 0 Å². The lowest BCUT2D eigenvalue weighted by atomic mass is 9.86. The van der Waals surface area contributed by atoms with Crippen LogP contribution in [0.1, 0.15) is 34.1 Å². The predicted molar refractivity (Wildman–Crippen MR) is 43.8 cm³/mol. The first-order valence-corrected chi connectivity index (χ1v) is 4.47. The molecule has 0 bridgehead atoms. The van der Waals surface area contributed by atoms with Gasteiger partial charge in [-0.05, 0) is 11.8 Å². The second-order valence-electron chi connectivity index (χ2n) is 4.11. The Morgan fingerprint density at radius 3 is 1.89 bits per heavy atom. The van der Waals surface area contributed by atoms with E-state index in [1.807, 2.05) is 0 Å². The molecule has 0 spiro atoms. The first kappa shape index (κ1) is 9.53. The predicted octanol–water partition coefficient (Wildman–Crippen LogP) is 2.65. The van der Waals surface area contributed by atoms with Crippen LogP contribution in [-0.4, -0.2) is 16.3 Å². The first-order valence-electron chi connectivity index (χ1n) is 3.66. The van der Waals surface area contributed by atoms with E-state index in [4.69, 9.17) is 0 Å². The number of hydrogen-bond acceptors (Lipinski definition) is 0. The fourth-order valence-electron chi connectivity index (χ4n) is 1.13. The van der Waals surface area contributed by atoms with Crippen LogP contribution in [-0.2, 0) is 0 Å². The number of hydrogen-bond donors (Lipinski definition) is 0. The molecule has 0 nitrogen and oxygen atoms in total. The molecule has 0 rings (SSSR count). The standard InChI is InChI=1S/C8H17.Al/c1-7(2)6-8(3,4)5;/h7H,1,6H2,2-5H3;. The normalized spacial score (nSPS) is 15.6. The van der Waals surface area contributed by atoms with Crippen molar-refractivity contribution in [3.05, 3.63) is 0 Å². The van der Waals surface area contributed by atoms with E-state index in [2.05, 4.69) is 44.0 Å². The van der Waals surface area contributed by atoms with Gasteiger partial charge >= 0.3 is 0 Å². The lowest BCUT2D eigenvalue weighted by Crippen LogP contribution is -2.10. The van der Waals surface area contributed by atoms with E-state index in [-0.39, 0.29) is 0 Å². The quantitative estimate of drug-likeness (QED) is 0.517. The Kier molecular flexibility index (Phi) is 3.86. The summed E-state index contributed by atoms with van der Waals surface area (Å²) in [6, 6.07) is 0. The van der Waals surface area contributed by atoms with Gasteiger partial charge in [-0.15, -0.1) is 5.28 Å². The van der Waals surface area contributed by atoms with Gasteiger partial charge in [0.15, 0.2) is 0 Å². The highest BCUT2D eigenvalue weighted by atomic mass is 27.0. The highest BCUT2D eigenvalue weighted by Crippen LogP contribution is 2.25. The Labute approximate surface area is 67.5 Å². The van der Waals surface area contributed by atoms with Crippen LogP contribution in [0.4, 0.5) is 0 Å². The van der Waals surface area contributed by atoms with Gasteiger partial charge in [-0.3, -0.25) is 0 Å². The fourth-order valence-corrected chi connectivity index (χ4v) is 1.30. The van der Waals surface area contributed by atoms with Crippen molar-refractivity contribution in [1.29, 1.82) is 0 Å². The third kappa shape index (κ3) is 6.42. The van der Waals surface area contributed by atoms with Crippen molar-refractivity contribution >= 4 is 16.3 Å². The molecule has 0 aromatic heterocycles. The summed E-state index contributed by atoms with van der Waals surface area (Å²) in [7, 11) is 0. The summed E-state index contributed by atoms with van der Waals surface area (Å²) in [5.74, 6) is 0.856. The molecule has 0 saturated carbocycles. The Bertz CT molecular complexity index is 71.1. The van der Waals surface area contributed by atoms with Gasteiger partial charge < -0.3 is 0 Å². The van der Waals surface area contributed by atoms with Gasteiger partial charge in [-0.25, -0.2) is 0 Å². The summed E-state index contributed by atoms with van der Waals surface area (Å²) in [6.45, 7) is 9.19. The van der Waals surface area contributed by atoms with E-state index in [1.54, 1.807) is 0 Å². The van der Waals surface area contributed by atoms with Crippen LogP contribution in [0.25, 0.3) is 0 Å². The van der Waals surface area contributed by atoms with Crippen molar-refractivity contribution in [2.75, 3.05) is 0 Å². The lowest BCUT2D eigenvalue weighted by Gasteiger charge is -2.22. The Morgan fingerprint density at radius 1 is 1.33 bits per heavy atom. The maximum absolute atomic E-state index is 2.80. The Morgan fingerprint density at radius 2 is 1.78 bits per heavy atom. The summed E-state index contributed by atoms with van der Waals surface area (Å²) in [4.78, 5) is 0. The monoisotopic (exact) mass is 140 g/mol. The van der Waals surface area contributed by atoms with Crippen molar-refractivity contribution in [3.63, 3.8) is 0 Å². The first-order chi connectivity index (χ1) is 3.95. The zero-order valence-corrected chi connectivity index (χ0v) is 8.22. The highest BCUT2D eigenvalue weighted by Gasteiger charge is 2.12. The molecule has 1 atom stereocenters. The van der Waals surface area contributed by atoms with Crippen molar-refractivity contribution in [3.8, 4) is 0 Å². The summed E-state index contributed by atoms with van der Waals surface area (Å²) in [6.07, 6.45) is 1.33. The molecule has 0 aliphatic rings. The zero-order chi connectivity index (χ0) is 7.49. The van der Waals surface area contributed by atoms with Crippen molar-refractivity contribution in [1.82, 2.24) is 0 Å². The molecule has 1 unspecified atom stereocenters. The summed E-state index contributed by atoms with van der Waals surface area (Å²) < 4.78 is 0. The summed E-state index contributed by atoms with van der Waals surface area (Å²) >= 11 is 2.80. The third-order valence-corrected chi connectivity index (χ3v) is 2.17. The average Bonchev–Trinajstić information content (AvgIpc) is 1.62. The Hall–Kier alpha value is 0.532. The van der Waals surface area contributed by atoms with Crippen LogP contribution in [0, 0.1) is 11.3 Å². The van der Waals surface area contributed by atoms with Gasteiger partial charge in [-0.1, -0.05) is 33.6 Å². The molecule has 0 N–H and O–H groups in total. The molecule has 0 aromatic carbocycles. The van der Waals surface area contributed by atoms with Crippen LogP contribution < -0.4 is 0 Å². The maximum Gasteiger partial charge on any atom is 0.118 e. The summed E-state index contributed by atoms with van der Waals surface area (Å²) in [5, 5.41) is 1.23. The molecule has 2 radical (unpaired) electrons. The van der Waals surface area contributed by atoms with Gasteiger partial charge in [0.1, 0.15) is 16.3 Å². The van der Waals surface area contributed by atoms with Crippen LogP contribution in [0.2, 0.25) is 5.28 Å². The smallest absolute Gasteiger partial charge is 0.115 e. The summed E-state index contributed by atoms with van der Waals surface area (Å²) in [5.41, 5.74) is 0.510. The van der Waals surface area contributed by atoms with Gasteiger partial charge in [0.2, 0.25) is 0 Å². The second-order valence-corrected chi connectivity index (χ2v) is 4.58. The zero-order valence-electron chi connectivity index (χ0n) is 7.07. The molecule has 9 heavy (non-hydrogen) atoms. The van der Waals surface area contributed by atoms with E-state index in [0.717, 1.165) is 5.92 Å². The highest BCUT2D eigenvalue weighted by molar-refractivity contribution is 6.08. The van der Waals surface area contributed by atoms with Crippen molar-refractivity contribution < 1.29 is 0 Å². The van der Waals surface area contributed by atoms with E-state index >= 15 is 0 Å². The van der Waals surface area contributed by atoms with Crippen molar-refractivity contribution in [2.24, 2.45) is 11.3 Å². The molecule has 0 heterocycles. The van der Waals surface area contributed by atoms with E-state index < -0.39 is 0 Å². The largest absolute Gasteiger partial charge is 0.118 e. The maximum atomic E-state index is 2.80. The number of rotatable bonds is 2. The van der Waals surface area contributed by atoms with Crippen LogP contribution in [0.5, 0.6) is 0 Å². The minimum Gasteiger partial charge on any atom is -0.115 e. The van der Waals surface area contributed by atoms with E-state index in [1.165, 1.54) is 11.7 Å². The Balaban J connectivity index is 3.47. The average molecular weight is 140 g/mol. The van der Waals surface area contributed by atoms with Crippen molar-refractivity contribution in [2.45, 2.75) is 39.4 Å². The lowest BCUT2D eigenvalue weighted by molar-refractivity contribution is 0.320. The fraction of sp³-hybridized carbons (Fsp3) is 1.00. The molecule has 0 saturated heterocycles. The minimum absolute atomic E-state index is 0.510. The molecule has 0 aliphatic carbocycles. The van der Waals surface area contributed by atoms with Crippen LogP contribution >= 0.6 is 0 Å². The molecule has 0 aliphatic heterocycles. The third-order valence-electron chi connectivity index (χ3n) is 1.36. The molecular weight excluding hydrogens is 123 g/mol. The van der Waals surface area contributed by atoms with Gasteiger partial charge in [-0.2, -0.15) is 0 Å². The van der Waals surface area contributed by atoms with Gasteiger partial charge in [0.05, 0.1) is 0 Å². The van der Waals surface area contributed by atoms with E-state index in [0.29, 0.717) is 5.41 Å². The molecule has 0 fully saturated rings. The minimum atomic E-state index is 0.510. The molecule has 0 aromatic rings. The second kappa shape index (κ2) is 3.64. The molecule has 52 valence electrons. The van der Waals surface area contributed by atoms with Crippen LogP contribution in [0.3, 0.4) is 0 Å². The molecule has 0 amide bonds. The molecular formula is C8H17Al. The van der Waals surface area contributed by atoms with E-state index in [9.17, 15) is 0 Å². The SMILES string of the molecule is CC([CH2][Al])CC(C)(C)C.